The van der Waals surface area contributed by atoms with Gasteiger partial charge in [0.25, 0.3) is 5.69 Å². The van der Waals surface area contributed by atoms with Crippen LogP contribution in [0.15, 0.2) is 4.73 Å². The lowest BCUT2D eigenvalue weighted by atomic mass is 10.3. The van der Waals surface area contributed by atoms with E-state index in [0.29, 0.717) is 12.3 Å². The summed E-state index contributed by atoms with van der Waals surface area (Å²) < 4.78 is 7.47. The molecule has 0 saturated carbocycles. The van der Waals surface area contributed by atoms with Gasteiger partial charge in [-0.15, -0.1) is 0 Å². The van der Waals surface area contributed by atoms with Crippen molar-refractivity contribution in [3.8, 4) is 0 Å². The van der Waals surface area contributed by atoms with E-state index in [1.807, 2.05) is 18.5 Å². The standard InChI is InChI=1S/C8H11BrN2O2/c1-4-13-7(12)6-5(2)11(3)8(9)10-6/h4H2,1-3H3/p+1. The van der Waals surface area contributed by atoms with Gasteiger partial charge in [0, 0.05) is 22.9 Å². The van der Waals surface area contributed by atoms with Crippen LogP contribution in [0, 0.1) is 6.92 Å². The normalized spacial score (nSPS) is 10.2. The maximum atomic E-state index is 11.3. The van der Waals surface area contributed by atoms with Crippen LogP contribution in [0.3, 0.4) is 0 Å². The van der Waals surface area contributed by atoms with E-state index < -0.39 is 0 Å². The number of hydrogen-bond acceptors (Lipinski definition) is 2. The third-order valence-corrected chi connectivity index (χ3v) is 2.60. The number of hydrogen-bond donors (Lipinski definition) is 1. The zero-order chi connectivity index (χ0) is 10.0. The van der Waals surface area contributed by atoms with Gasteiger partial charge in [-0.2, -0.15) is 0 Å². The molecule has 1 aromatic rings. The van der Waals surface area contributed by atoms with E-state index in [0.717, 1.165) is 10.4 Å². The van der Waals surface area contributed by atoms with E-state index in [2.05, 4.69) is 20.9 Å². The highest BCUT2D eigenvalue weighted by atomic mass is 79.9. The molecule has 0 aliphatic rings. The summed E-state index contributed by atoms with van der Waals surface area (Å²) in [5.41, 5.74) is 1.35. The second-order valence-corrected chi connectivity index (χ2v) is 3.41. The number of nitrogens with zero attached hydrogens (tertiary/aromatic N) is 1. The van der Waals surface area contributed by atoms with Gasteiger partial charge in [-0.05, 0) is 6.92 Å². The summed E-state index contributed by atoms with van der Waals surface area (Å²) in [6.07, 6.45) is 0. The second kappa shape index (κ2) is 3.91. The summed E-state index contributed by atoms with van der Waals surface area (Å²) in [5.74, 6) is -0.318. The smallest absolute Gasteiger partial charge is 0.382 e. The molecule has 1 rings (SSSR count). The summed E-state index contributed by atoms with van der Waals surface area (Å²) >= 11 is 3.29. The van der Waals surface area contributed by atoms with Crippen molar-refractivity contribution in [2.75, 3.05) is 6.61 Å². The number of aromatic amines is 1. The number of carbonyl (C=O) groups excluding carboxylic acids is 1. The summed E-state index contributed by atoms with van der Waals surface area (Å²) in [5, 5.41) is 0. The van der Waals surface area contributed by atoms with Crippen LogP contribution >= 0.6 is 15.9 Å². The van der Waals surface area contributed by atoms with Crippen molar-refractivity contribution in [1.29, 1.82) is 0 Å². The van der Waals surface area contributed by atoms with Crippen LogP contribution < -0.4 is 4.57 Å². The van der Waals surface area contributed by atoms with Gasteiger partial charge in [-0.3, -0.25) is 0 Å². The minimum absolute atomic E-state index is 0.318. The van der Waals surface area contributed by atoms with E-state index in [1.165, 1.54) is 0 Å². The number of halogens is 1. The molecule has 0 atom stereocenters. The van der Waals surface area contributed by atoms with Crippen molar-refractivity contribution in [3.63, 3.8) is 0 Å². The molecule has 4 nitrogen and oxygen atoms in total. The third kappa shape index (κ3) is 1.91. The monoisotopic (exact) mass is 247 g/mol. The molecule has 1 aromatic heterocycles. The molecule has 0 bridgehead atoms. The molecule has 0 radical (unpaired) electrons. The van der Waals surface area contributed by atoms with Crippen LogP contribution in [0.2, 0.25) is 0 Å². The maximum absolute atomic E-state index is 11.3. The summed E-state index contributed by atoms with van der Waals surface area (Å²) in [7, 11) is 1.86. The molecule has 0 unspecified atom stereocenters. The fourth-order valence-electron chi connectivity index (χ4n) is 0.994. The van der Waals surface area contributed by atoms with Crippen LogP contribution in [0.5, 0.6) is 0 Å². The summed E-state index contributed by atoms with van der Waals surface area (Å²) in [6.45, 7) is 4.03. The third-order valence-electron chi connectivity index (χ3n) is 1.87. The van der Waals surface area contributed by atoms with E-state index >= 15 is 0 Å². The first kappa shape index (κ1) is 10.2. The molecule has 72 valence electrons. The first-order valence-electron chi connectivity index (χ1n) is 3.99. The Morgan fingerprint density at radius 1 is 1.69 bits per heavy atom. The molecule has 0 aromatic carbocycles. The van der Waals surface area contributed by atoms with E-state index in [1.54, 1.807) is 6.92 Å². The van der Waals surface area contributed by atoms with Gasteiger partial charge in [0.15, 0.2) is 5.69 Å². The average molecular weight is 248 g/mol. The van der Waals surface area contributed by atoms with Crippen LogP contribution in [0.4, 0.5) is 0 Å². The van der Waals surface area contributed by atoms with Gasteiger partial charge in [0.2, 0.25) is 0 Å². The Labute approximate surface area is 85.0 Å². The molecule has 0 spiro atoms. The maximum Gasteiger partial charge on any atom is 0.382 e. The highest BCUT2D eigenvalue weighted by Gasteiger charge is 2.23. The molecule has 13 heavy (non-hydrogen) atoms. The zero-order valence-electron chi connectivity index (χ0n) is 7.85. The molecule has 5 heteroatoms. The molecular weight excluding hydrogens is 236 g/mol. The van der Waals surface area contributed by atoms with Crippen LogP contribution in [0.25, 0.3) is 0 Å². The highest BCUT2D eigenvalue weighted by molar-refractivity contribution is 9.10. The van der Waals surface area contributed by atoms with Gasteiger partial charge >= 0.3 is 10.7 Å². The fraction of sp³-hybridized carbons (Fsp3) is 0.500. The van der Waals surface area contributed by atoms with E-state index in [4.69, 9.17) is 4.74 Å². The topological polar surface area (TPSA) is 46.0 Å². The largest absolute Gasteiger partial charge is 0.460 e. The van der Waals surface area contributed by atoms with Crippen molar-refractivity contribution in [2.24, 2.45) is 7.05 Å². The van der Waals surface area contributed by atoms with E-state index in [-0.39, 0.29) is 5.97 Å². The molecular formula is C8H12BrN2O2+. The summed E-state index contributed by atoms with van der Waals surface area (Å²) in [4.78, 5) is 14.2. The number of carbonyl (C=O) groups is 1. The molecule has 0 amide bonds. The minimum atomic E-state index is -0.318. The Morgan fingerprint density at radius 3 is 2.69 bits per heavy atom. The van der Waals surface area contributed by atoms with Crippen molar-refractivity contribution in [3.05, 3.63) is 16.1 Å². The summed E-state index contributed by atoms with van der Waals surface area (Å²) in [6, 6.07) is 0. The van der Waals surface area contributed by atoms with Gasteiger partial charge < -0.3 is 4.74 Å². The number of aromatic nitrogens is 2. The van der Waals surface area contributed by atoms with Crippen LogP contribution in [0.1, 0.15) is 23.1 Å². The highest BCUT2D eigenvalue weighted by Crippen LogP contribution is 2.08. The Balaban J connectivity index is 3.01. The van der Waals surface area contributed by atoms with Crippen molar-refractivity contribution in [1.82, 2.24) is 4.98 Å². The predicted octanol–water partition coefficient (Wildman–Crippen LogP) is 1.09. The Kier molecular flexibility index (Phi) is 3.08. The molecule has 0 aliphatic carbocycles. The number of imidazole rings is 1. The van der Waals surface area contributed by atoms with Crippen molar-refractivity contribution in [2.45, 2.75) is 13.8 Å². The number of nitrogens with one attached hydrogen (secondary N) is 1. The average Bonchev–Trinajstić information content (AvgIpc) is 2.33. The number of H-pyrrole nitrogens is 1. The first-order valence-corrected chi connectivity index (χ1v) is 4.78. The van der Waals surface area contributed by atoms with Gasteiger partial charge in [0.1, 0.15) is 0 Å². The lowest BCUT2D eigenvalue weighted by Gasteiger charge is -1.95. The Bertz CT molecular complexity index is 333. The molecule has 1 heterocycles. The lowest BCUT2D eigenvalue weighted by molar-refractivity contribution is -0.687. The Morgan fingerprint density at radius 2 is 2.31 bits per heavy atom. The molecule has 0 aliphatic heterocycles. The SMILES string of the molecule is CCOC(=O)c1[nH]c(Br)[n+](C)c1C. The zero-order valence-corrected chi connectivity index (χ0v) is 9.43. The second-order valence-electron chi connectivity index (χ2n) is 2.66. The molecule has 0 saturated heterocycles. The quantitative estimate of drug-likeness (QED) is 0.629. The van der Waals surface area contributed by atoms with Gasteiger partial charge in [-0.25, -0.2) is 14.3 Å². The number of esters is 1. The minimum Gasteiger partial charge on any atom is -0.460 e. The Hall–Kier alpha value is -0.840. The number of rotatable bonds is 2. The molecule has 1 N–H and O–H groups in total. The number of ether oxygens (including phenoxy) is 1. The van der Waals surface area contributed by atoms with Gasteiger partial charge in [-0.1, -0.05) is 0 Å². The van der Waals surface area contributed by atoms with Crippen molar-refractivity contribution >= 4 is 21.9 Å². The molecule has 0 fully saturated rings. The first-order chi connectivity index (χ1) is 6.07. The predicted molar refractivity (Wildman–Crippen MR) is 50.4 cm³/mol. The van der Waals surface area contributed by atoms with Crippen LogP contribution in [-0.2, 0) is 11.8 Å². The van der Waals surface area contributed by atoms with Gasteiger partial charge in [0.05, 0.1) is 13.7 Å². The fourth-order valence-corrected chi connectivity index (χ4v) is 1.46. The van der Waals surface area contributed by atoms with Crippen molar-refractivity contribution < 1.29 is 14.1 Å². The lowest BCUT2D eigenvalue weighted by Crippen LogP contribution is -2.31. The van der Waals surface area contributed by atoms with Crippen LogP contribution in [-0.4, -0.2) is 17.6 Å². The van der Waals surface area contributed by atoms with E-state index in [9.17, 15) is 4.79 Å².